The van der Waals surface area contributed by atoms with Crippen molar-refractivity contribution in [3.8, 4) is 32.8 Å². The predicted octanol–water partition coefficient (Wildman–Crippen LogP) is 9.16. The first-order valence-corrected chi connectivity index (χ1v) is 28.9. The van der Waals surface area contributed by atoms with Gasteiger partial charge in [-0.3, -0.25) is 24.0 Å². The first kappa shape index (κ1) is 59.3. The number of aromatic nitrogens is 5. The summed E-state index contributed by atoms with van der Waals surface area (Å²) in [5.41, 5.74) is 12.1. The summed E-state index contributed by atoms with van der Waals surface area (Å²) >= 11 is 1.61. The Labute approximate surface area is 474 Å². The fourth-order valence-electron chi connectivity index (χ4n) is 11.0. The fraction of sp³-hybridized carbons (Fsp3) is 0.484. The molecule has 0 spiro atoms. The predicted molar refractivity (Wildman–Crippen MR) is 313 cm³/mol. The third kappa shape index (κ3) is 14.5. The van der Waals surface area contributed by atoms with Crippen molar-refractivity contribution in [1.82, 2.24) is 40.5 Å². The molecule has 3 aromatic heterocycles. The van der Waals surface area contributed by atoms with Gasteiger partial charge in [-0.1, -0.05) is 88.4 Å². The second-order valence-corrected chi connectivity index (χ2v) is 23.6. The minimum absolute atomic E-state index is 0.0273. The highest BCUT2D eigenvalue weighted by molar-refractivity contribution is 7.13. The van der Waals surface area contributed by atoms with Gasteiger partial charge in [-0.2, -0.15) is 0 Å². The third-order valence-corrected chi connectivity index (χ3v) is 16.5. The van der Waals surface area contributed by atoms with Crippen LogP contribution in [-0.4, -0.2) is 124 Å². The van der Waals surface area contributed by atoms with E-state index in [-0.39, 0.29) is 67.4 Å². The van der Waals surface area contributed by atoms with Crippen molar-refractivity contribution in [2.45, 2.75) is 132 Å². The van der Waals surface area contributed by atoms with Crippen molar-refractivity contribution < 1.29 is 33.4 Å². The number of Topliss-reactive ketones (excluding diaryl/α,β-unsaturated/α-hetero) is 1. The Morgan fingerprint density at radius 2 is 1.61 bits per heavy atom. The van der Waals surface area contributed by atoms with E-state index in [9.17, 15) is 24.0 Å². The molecule has 5 heterocycles. The topological polar surface area (TPSA) is 203 Å². The highest BCUT2D eigenvalue weighted by Crippen LogP contribution is 2.36. The number of hydrogen-bond donors (Lipinski definition) is 3. The summed E-state index contributed by atoms with van der Waals surface area (Å²) in [6.45, 7) is 23.3. The van der Waals surface area contributed by atoms with Gasteiger partial charge in [-0.15, -0.1) is 16.4 Å². The fourth-order valence-corrected chi connectivity index (χ4v) is 11.8. The maximum absolute atomic E-state index is 14.3. The molecular formula is C62H79N9O8S. The van der Waals surface area contributed by atoms with E-state index in [0.717, 1.165) is 80.3 Å². The van der Waals surface area contributed by atoms with E-state index in [0.29, 0.717) is 62.6 Å². The molecule has 80 heavy (non-hydrogen) atoms. The number of ether oxygens (including phenoxy) is 3. The zero-order chi connectivity index (χ0) is 57.3. The molecule has 6 aromatic rings. The molecule has 3 N–H and O–H groups in total. The van der Waals surface area contributed by atoms with E-state index < -0.39 is 23.4 Å². The summed E-state index contributed by atoms with van der Waals surface area (Å²) in [5.74, 6) is -0.790. The van der Waals surface area contributed by atoms with Crippen LogP contribution in [0.5, 0.6) is 0 Å². The molecule has 0 saturated carbocycles. The molecule has 4 atom stereocenters. The lowest BCUT2D eigenvalue weighted by molar-refractivity contribution is -0.144. The standard InChI is InChI=1S/C62H79N9O8S/c1-11-70(49-20-23-77-24-21-49)53-32-48(31-50(42(53)6)59(74)63-33-51-40(4)29-41(5)65-60(51)75)45-14-16-46(17-15-45)52-35-69(68-67-52)22-25-78-26-27-79-36-56(73)66-58(62(8,9)10)61(76)71-34-38(2)28-54(71)55(72)30-39(3)44-12-18-47(19-13-44)57-43(7)64-37-80-57/h12-19,29,31-32,35,37-39,49,54,58H,11,20-28,30,33-34,36H2,1-10H3,(H,63,74)(H,65,75)(H,66,73)/t38-,39-,54+,58-/m1/s1. The van der Waals surface area contributed by atoms with E-state index in [1.165, 1.54) is 0 Å². The summed E-state index contributed by atoms with van der Waals surface area (Å²) in [6, 6.07) is 21.2. The van der Waals surface area contributed by atoms with Crippen LogP contribution in [0, 0.1) is 39.0 Å². The number of aryl methyl sites for hydroxylation is 3. The number of likely N-dealkylation sites (tertiary alicyclic amines) is 1. The normalized spacial score (nSPS) is 16.6. The molecule has 426 valence electrons. The van der Waals surface area contributed by atoms with Gasteiger partial charge in [0.15, 0.2) is 5.78 Å². The Kier molecular flexibility index (Phi) is 19.7. The summed E-state index contributed by atoms with van der Waals surface area (Å²) < 4.78 is 18.9. The van der Waals surface area contributed by atoms with E-state index in [4.69, 9.17) is 14.2 Å². The monoisotopic (exact) mass is 1110 g/mol. The minimum Gasteiger partial charge on any atom is -0.381 e. The van der Waals surface area contributed by atoms with Crippen LogP contribution >= 0.6 is 11.3 Å². The van der Waals surface area contributed by atoms with Crippen LogP contribution in [0.4, 0.5) is 5.69 Å². The number of thiazole rings is 1. The first-order valence-electron chi connectivity index (χ1n) is 28.1. The Morgan fingerprint density at radius 1 is 0.912 bits per heavy atom. The molecule has 8 rings (SSSR count). The van der Waals surface area contributed by atoms with Gasteiger partial charge >= 0.3 is 0 Å². The number of carbonyl (C=O) groups excluding carboxylic acids is 4. The Balaban J connectivity index is 0.811. The van der Waals surface area contributed by atoms with Crippen molar-refractivity contribution in [3.63, 3.8) is 0 Å². The number of nitrogens with one attached hydrogen (secondary N) is 3. The second-order valence-electron chi connectivity index (χ2n) is 22.7. The highest BCUT2D eigenvalue weighted by atomic mass is 32.1. The number of amides is 3. The van der Waals surface area contributed by atoms with Crippen LogP contribution in [-0.2, 0) is 41.7 Å². The maximum atomic E-state index is 14.3. The quantitative estimate of drug-likeness (QED) is 0.0514. The Bertz CT molecular complexity index is 3170. The van der Waals surface area contributed by atoms with Gasteiger partial charge in [0.2, 0.25) is 11.8 Å². The molecule has 0 bridgehead atoms. The number of aromatic amines is 1. The molecular weight excluding hydrogens is 1030 g/mol. The zero-order valence-corrected chi connectivity index (χ0v) is 49.0. The Hall–Kier alpha value is -6.86. The summed E-state index contributed by atoms with van der Waals surface area (Å²) in [6.07, 6.45) is 4.54. The molecule has 2 aliphatic rings. The largest absolute Gasteiger partial charge is 0.381 e. The van der Waals surface area contributed by atoms with Crippen molar-refractivity contribution in [2.24, 2.45) is 11.3 Å². The number of anilines is 1. The van der Waals surface area contributed by atoms with Crippen LogP contribution in [0.3, 0.4) is 0 Å². The van der Waals surface area contributed by atoms with E-state index in [1.807, 2.05) is 103 Å². The number of ketones is 1. The van der Waals surface area contributed by atoms with Gasteiger partial charge in [-0.05, 0) is 123 Å². The number of hydrogen-bond acceptors (Lipinski definition) is 13. The average Bonchev–Trinajstić information content (AvgIpc) is 4.22. The summed E-state index contributed by atoms with van der Waals surface area (Å²) in [5, 5.41) is 14.7. The van der Waals surface area contributed by atoms with E-state index in [1.54, 1.807) is 20.9 Å². The van der Waals surface area contributed by atoms with Crippen molar-refractivity contribution in [2.75, 3.05) is 57.6 Å². The molecule has 3 amide bonds. The molecule has 2 fully saturated rings. The van der Waals surface area contributed by atoms with E-state index in [2.05, 4.69) is 80.0 Å². The van der Waals surface area contributed by atoms with Gasteiger partial charge < -0.3 is 39.6 Å². The number of pyridine rings is 1. The number of benzene rings is 3. The lowest BCUT2D eigenvalue weighted by Gasteiger charge is -2.37. The SMILES string of the molecule is CCN(c1cc(-c2ccc(-c3cn(CCOCCOCC(=O)N[C@H](C(=O)N4C[C@H](C)C[C@H]4C(=O)C[C@@H](C)c4ccc(-c5scnc5C)cc4)C(C)(C)C)nn3)cc2)cc(C(=O)NCc2c(C)cc(C)[nH]c2=O)c1C)C1CCOCC1. The van der Waals surface area contributed by atoms with Crippen LogP contribution in [0.1, 0.15) is 117 Å². The summed E-state index contributed by atoms with van der Waals surface area (Å²) in [7, 11) is 0. The van der Waals surface area contributed by atoms with Crippen LogP contribution < -0.4 is 21.1 Å². The summed E-state index contributed by atoms with van der Waals surface area (Å²) in [4.78, 5) is 80.8. The number of rotatable bonds is 23. The van der Waals surface area contributed by atoms with Gasteiger partial charge in [0.05, 0.1) is 54.7 Å². The Morgan fingerprint density at radius 3 is 2.29 bits per heavy atom. The molecule has 0 radical (unpaired) electrons. The van der Waals surface area contributed by atoms with Gasteiger partial charge in [0.1, 0.15) is 18.3 Å². The molecule has 0 aliphatic carbocycles. The lowest BCUT2D eigenvalue weighted by Crippen LogP contribution is -2.57. The minimum atomic E-state index is -0.856. The van der Waals surface area contributed by atoms with Crippen LogP contribution in [0.25, 0.3) is 32.8 Å². The van der Waals surface area contributed by atoms with Crippen LogP contribution in [0.15, 0.2) is 83.2 Å². The lowest BCUT2D eigenvalue weighted by atomic mass is 9.85. The average molecular weight is 1110 g/mol. The van der Waals surface area contributed by atoms with Crippen molar-refractivity contribution in [3.05, 3.63) is 128 Å². The maximum Gasteiger partial charge on any atom is 0.253 e. The van der Waals surface area contributed by atoms with E-state index >= 15 is 0 Å². The van der Waals surface area contributed by atoms with Gasteiger partial charge in [0, 0.05) is 73.4 Å². The molecule has 2 aliphatic heterocycles. The molecule has 0 unspecified atom stereocenters. The number of nitrogens with zero attached hydrogens (tertiary/aromatic N) is 6. The van der Waals surface area contributed by atoms with Gasteiger partial charge in [-0.25, -0.2) is 9.67 Å². The first-order chi connectivity index (χ1) is 38.3. The smallest absolute Gasteiger partial charge is 0.253 e. The van der Waals surface area contributed by atoms with Crippen LogP contribution in [0.2, 0.25) is 0 Å². The van der Waals surface area contributed by atoms with Crippen molar-refractivity contribution >= 4 is 40.5 Å². The van der Waals surface area contributed by atoms with Gasteiger partial charge in [0.25, 0.3) is 11.5 Å². The third-order valence-electron chi connectivity index (χ3n) is 15.5. The molecule has 17 nitrogen and oxygen atoms in total. The molecule has 18 heteroatoms. The second kappa shape index (κ2) is 26.6. The molecule has 2 saturated heterocycles. The highest BCUT2D eigenvalue weighted by Gasteiger charge is 2.44. The van der Waals surface area contributed by atoms with Crippen molar-refractivity contribution in [1.29, 1.82) is 0 Å². The number of H-pyrrole nitrogens is 1. The zero-order valence-electron chi connectivity index (χ0n) is 48.1. The molecule has 3 aromatic carbocycles. The number of carbonyl (C=O) groups is 4.